The van der Waals surface area contributed by atoms with E-state index in [2.05, 4.69) is 4.72 Å². The molecule has 0 unspecified atom stereocenters. The van der Waals surface area contributed by atoms with Crippen LogP contribution in [0.1, 0.15) is 37.0 Å². The molecule has 0 atom stereocenters. The van der Waals surface area contributed by atoms with Crippen molar-refractivity contribution >= 4 is 27.6 Å². The van der Waals surface area contributed by atoms with E-state index >= 15 is 0 Å². The summed E-state index contributed by atoms with van der Waals surface area (Å²) in [5.74, 6) is -0.613. The predicted molar refractivity (Wildman–Crippen MR) is 111 cm³/mol. The van der Waals surface area contributed by atoms with Crippen LogP contribution < -0.4 is 9.46 Å². The van der Waals surface area contributed by atoms with Crippen molar-refractivity contribution in [2.45, 2.75) is 31.6 Å². The molecule has 0 aliphatic carbocycles. The van der Waals surface area contributed by atoms with Crippen molar-refractivity contribution in [3.8, 4) is 5.75 Å². The molecule has 0 aliphatic heterocycles. The Morgan fingerprint density at radius 2 is 1.60 bits per heavy atom. The van der Waals surface area contributed by atoms with Crippen LogP contribution in [0, 0.1) is 0 Å². The number of unbranched alkanes of at least 4 members (excludes halogenated alkanes) is 1. The summed E-state index contributed by atoms with van der Waals surface area (Å²) in [4.78, 5) is 23.2. The topological polar surface area (TPSA) is 108 Å². The Kier molecular flexibility index (Phi) is 8.67. The number of nitrogens with one attached hydrogen (secondary N) is 1. The summed E-state index contributed by atoms with van der Waals surface area (Å²) in [5.41, 5.74) is 0.653. The Balaban J connectivity index is 1.97. The first-order chi connectivity index (χ1) is 14.4. The molecule has 0 heterocycles. The maximum atomic E-state index is 12.5. The van der Waals surface area contributed by atoms with Crippen molar-refractivity contribution in [1.82, 2.24) is 0 Å². The van der Waals surface area contributed by atoms with E-state index in [0.717, 1.165) is 12.8 Å². The predicted octanol–water partition coefficient (Wildman–Crippen LogP) is 3.39. The van der Waals surface area contributed by atoms with Crippen LogP contribution in [0.3, 0.4) is 0 Å². The highest BCUT2D eigenvalue weighted by atomic mass is 32.2. The minimum atomic E-state index is -3.83. The lowest BCUT2D eigenvalue weighted by atomic mass is 10.2. The maximum Gasteiger partial charge on any atom is 0.344 e. The van der Waals surface area contributed by atoms with Crippen molar-refractivity contribution in [3.63, 3.8) is 0 Å². The van der Waals surface area contributed by atoms with Crippen LogP contribution >= 0.6 is 0 Å². The lowest BCUT2D eigenvalue weighted by Gasteiger charge is -2.10. The molecule has 0 saturated carbocycles. The highest BCUT2D eigenvalue weighted by molar-refractivity contribution is 7.92. The number of carbonyl (C=O) groups is 2. The molecule has 9 heteroatoms. The first kappa shape index (κ1) is 23.2. The summed E-state index contributed by atoms with van der Waals surface area (Å²) in [7, 11) is -3.83. The molecule has 2 aromatic carbocycles. The van der Waals surface area contributed by atoms with Gasteiger partial charge in [-0.25, -0.2) is 18.0 Å². The number of anilines is 1. The van der Waals surface area contributed by atoms with Crippen molar-refractivity contribution in [1.29, 1.82) is 0 Å². The number of hydrogen-bond acceptors (Lipinski definition) is 7. The highest BCUT2D eigenvalue weighted by Gasteiger charge is 2.15. The summed E-state index contributed by atoms with van der Waals surface area (Å²) in [6.45, 7) is 4.04. The summed E-state index contributed by atoms with van der Waals surface area (Å²) in [6.07, 6.45) is 1.71. The minimum absolute atomic E-state index is 0.0223. The monoisotopic (exact) mass is 435 g/mol. The lowest BCUT2D eigenvalue weighted by Crippen LogP contribution is -2.15. The smallest absolute Gasteiger partial charge is 0.344 e. The average Bonchev–Trinajstić information content (AvgIpc) is 2.73. The van der Waals surface area contributed by atoms with E-state index in [1.54, 1.807) is 6.92 Å². The van der Waals surface area contributed by atoms with Gasteiger partial charge in [-0.1, -0.05) is 13.3 Å². The molecule has 0 radical (unpaired) electrons. The summed E-state index contributed by atoms with van der Waals surface area (Å²) < 4.78 is 42.6. The maximum absolute atomic E-state index is 12.5. The number of rotatable bonds is 11. The standard InChI is InChI=1S/C21H25NO7S/c1-3-5-14-28-21(24)16-6-8-17(9-7-16)22-30(25,26)19-12-10-18(11-13-19)29-15-20(23)27-4-2/h6-13,22H,3-5,14-15H2,1-2H3. The first-order valence-electron chi connectivity index (χ1n) is 9.54. The average molecular weight is 435 g/mol. The van der Waals surface area contributed by atoms with E-state index in [4.69, 9.17) is 14.2 Å². The van der Waals surface area contributed by atoms with Gasteiger partial charge in [-0.2, -0.15) is 0 Å². The van der Waals surface area contributed by atoms with Gasteiger partial charge in [0, 0.05) is 5.69 Å². The van der Waals surface area contributed by atoms with Crippen LogP contribution in [0.15, 0.2) is 53.4 Å². The Labute approximate surface area is 176 Å². The van der Waals surface area contributed by atoms with Gasteiger partial charge in [0.2, 0.25) is 0 Å². The van der Waals surface area contributed by atoms with Gasteiger partial charge in [0.05, 0.1) is 23.7 Å². The van der Waals surface area contributed by atoms with Crippen molar-refractivity contribution < 1.29 is 32.2 Å². The van der Waals surface area contributed by atoms with Crippen LogP contribution in [-0.2, 0) is 24.3 Å². The zero-order valence-corrected chi connectivity index (χ0v) is 17.7. The third-order valence-electron chi connectivity index (χ3n) is 3.90. The fourth-order valence-electron chi connectivity index (χ4n) is 2.34. The quantitative estimate of drug-likeness (QED) is 0.426. The molecule has 2 rings (SSSR count). The lowest BCUT2D eigenvalue weighted by molar-refractivity contribution is -0.145. The molecule has 1 N–H and O–H groups in total. The van der Waals surface area contributed by atoms with Crippen LogP contribution in [-0.4, -0.2) is 40.2 Å². The fourth-order valence-corrected chi connectivity index (χ4v) is 3.40. The zero-order valence-electron chi connectivity index (χ0n) is 16.9. The second kappa shape index (κ2) is 11.2. The van der Waals surface area contributed by atoms with E-state index in [1.807, 2.05) is 6.92 Å². The van der Waals surface area contributed by atoms with Gasteiger partial charge in [0.25, 0.3) is 10.0 Å². The molecule has 0 bridgehead atoms. The number of hydrogen-bond donors (Lipinski definition) is 1. The second-order valence-electron chi connectivity index (χ2n) is 6.24. The van der Waals surface area contributed by atoms with Crippen molar-refractivity contribution in [2.75, 3.05) is 24.5 Å². The van der Waals surface area contributed by atoms with Gasteiger partial charge in [0.15, 0.2) is 6.61 Å². The van der Waals surface area contributed by atoms with Gasteiger partial charge >= 0.3 is 11.9 Å². The molecule has 0 fully saturated rings. The van der Waals surface area contributed by atoms with E-state index in [9.17, 15) is 18.0 Å². The zero-order chi connectivity index (χ0) is 22.0. The third-order valence-corrected chi connectivity index (χ3v) is 5.30. The van der Waals surface area contributed by atoms with E-state index in [-0.39, 0.29) is 18.1 Å². The largest absolute Gasteiger partial charge is 0.482 e. The number of sulfonamides is 1. The van der Waals surface area contributed by atoms with Crippen LogP contribution in [0.25, 0.3) is 0 Å². The number of ether oxygens (including phenoxy) is 3. The molecule has 0 saturated heterocycles. The Hall–Kier alpha value is -3.07. The molecule has 0 spiro atoms. The Bertz CT molecular complexity index is 938. The molecule has 2 aromatic rings. The summed E-state index contributed by atoms with van der Waals surface area (Å²) in [5, 5.41) is 0. The normalized spacial score (nSPS) is 10.9. The summed E-state index contributed by atoms with van der Waals surface area (Å²) in [6, 6.07) is 11.6. The molecule has 30 heavy (non-hydrogen) atoms. The third kappa shape index (κ3) is 7.07. The molecule has 0 amide bonds. The van der Waals surface area contributed by atoms with Gasteiger partial charge in [-0.3, -0.25) is 4.72 Å². The molecule has 8 nitrogen and oxygen atoms in total. The van der Waals surface area contributed by atoms with E-state index in [0.29, 0.717) is 23.6 Å². The van der Waals surface area contributed by atoms with E-state index in [1.165, 1.54) is 48.5 Å². The number of esters is 2. The van der Waals surface area contributed by atoms with Gasteiger partial charge < -0.3 is 14.2 Å². The highest BCUT2D eigenvalue weighted by Crippen LogP contribution is 2.20. The van der Waals surface area contributed by atoms with Gasteiger partial charge in [-0.05, 0) is 61.9 Å². The number of benzene rings is 2. The van der Waals surface area contributed by atoms with Gasteiger partial charge in [0.1, 0.15) is 5.75 Å². The van der Waals surface area contributed by atoms with Crippen molar-refractivity contribution in [2.24, 2.45) is 0 Å². The fraction of sp³-hybridized carbons (Fsp3) is 0.333. The molecular formula is C21H25NO7S. The Morgan fingerprint density at radius 1 is 0.933 bits per heavy atom. The molecule has 162 valence electrons. The molecular weight excluding hydrogens is 410 g/mol. The first-order valence-corrected chi connectivity index (χ1v) is 11.0. The van der Waals surface area contributed by atoms with Gasteiger partial charge in [-0.15, -0.1) is 0 Å². The summed E-state index contributed by atoms with van der Waals surface area (Å²) >= 11 is 0. The Morgan fingerprint density at radius 3 is 2.20 bits per heavy atom. The van der Waals surface area contributed by atoms with E-state index < -0.39 is 22.0 Å². The SMILES string of the molecule is CCCCOC(=O)c1ccc(NS(=O)(=O)c2ccc(OCC(=O)OCC)cc2)cc1. The van der Waals surface area contributed by atoms with Crippen molar-refractivity contribution in [3.05, 3.63) is 54.1 Å². The number of carbonyl (C=O) groups excluding carboxylic acids is 2. The van der Waals surface area contributed by atoms with Crippen LogP contribution in [0.2, 0.25) is 0 Å². The molecule has 0 aliphatic rings. The second-order valence-corrected chi connectivity index (χ2v) is 7.92. The van der Waals surface area contributed by atoms with Crippen LogP contribution in [0.4, 0.5) is 5.69 Å². The molecule has 0 aromatic heterocycles. The van der Waals surface area contributed by atoms with Crippen LogP contribution in [0.5, 0.6) is 5.75 Å². The minimum Gasteiger partial charge on any atom is -0.482 e.